The van der Waals surface area contributed by atoms with Crippen molar-refractivity contribution in [1.82, 2.24) is 10.1 Å². The molecule has 0 unspecified atom stereocenters. The van der Waals surface area contributed by atoms with Crippen LogP contribution in [0.5, 0.6) is 17.2 Å². The maximum absolute atomic E-state index is 8.61. The molecule has 0 spiro atoms. The van der Waals surface area contributed by atoms with Crippen LogP contribution in [0.4, 0.5) is 0 Å². The van der Waals surface area contributed by atoms with Crippen molar-refractivity contribution in [2.45, 2.75) is 6.42 Å². The molecule has 0 atom stereocenters. The Morgan fingerprint density at radius 1 is 1.10 bits per heavy atom. The Morgan fingerprint density at radius 2 is 1.75 bits per heavy atom. The van der Waals surface area contributed by atoms with Crippen molar-refractivity contribution in [3.63, 3.8) is 0 Å². The van der Waals surface area contributed by atoms with Gasteiger partial charge in [0.1, 0.15) is 12.2 Å². The van der Waals surface area contributed by atoms with Gasteiger partial charge in [-0.25, -0.2) is 0 Å². The molecule has 2 aromatic rings. The van der Waals surface area contributed by atoms with Crippen LogP contribution in [0.3, 0.4) is 0 Å². The molecule has 0 aliphatic heterocycles. The van der Waals surface area contributed by atoms with E-state index in [-0.39, 0.29) is 12.3 Å². The molecular weight excluding hydrogens is 262 g/mol. The van der Waals surface area contributed by atoms with Crippen LogP contribution in [0, 0.1) is 11.3 Å². The average Bonchev–Trinajstić information content (AvgIpc) is 2.94. The number of hydrogen-bond donors (Lipinski definition) is 0. The van der Waals surface area contributed by atoms with E-state index >= 15 is 0 Å². The highest BCUT2D eigenvalue weighted by Gasteiger charge is 2.17. The fraction of sp³-hybridized carbons (Fsp3) is 0.308. The third-order valence-electron chi connectivity index (χ3n) is 2.64. The van der Waals surface area contributed by atoms with Crippen molar-refractivity contribution < 1.29 is 18.7 Å². The van der Waals surface area contributed by atoms with Crippen molar-refractivity contribution in [3.8, 4) is 34.7 Å². The highest BCUT2D eigenvalue weighted by molar-refractivity contribution is 5.69. The SMILES string of the molecule is COc1cc(OC)c(-c2noc(CC#N)n2)cc1OC. The van der Waals surface area contributed by atoms with E-state index in [0.29, 0.717) is 28.6 Å². The lowest BCUT2D eigenvalue weighted by atomic mass is 10.1. The van der Waals surface area contributed by atoms with Crippen molar-refractivity contribution >= 4 is 0 Å². The van der Waals surface area contributed by atoms with E-state index in [9.17, 15) is 0 Å². The molecule has 7 nitrogen and oxygen atoms in total. The van der Waals surface area contributed by atoms with Gasteiger partial charge in [-0.3, -0.25) is 0 Å². The maximum Gasteiger partial charge on any atom is 0.241 e. The number of benzene rings is 1. The van der Waals surface area contributed by atoms with Crippen molar-refractivity contribution in [2.75, 3.05) is 21.3 Å². The molecule has 2 rings (SSSR count). The molecule has 0 aliphatic rings. The first-order chi connectivity index (χ1) is 9.73. The first-order valence-corrected chi connectivity index (χ1v) is 5.73. The molecule has 0 bridgehead atoms. The summed E-state index contributed by atoms with van der Waals surface area (Å²) in [6.45, 7) is 0. The Morgan fingerprint density at radius 3 is 2.35 bits per heavy atom. The second-order valence-electron chi connectivity index (χ2n) is 3.75. The van der Waals surface area contributed by atoms with Gasteiger partial charge >= 0.3 is 0 Å². The molecule has 104 valence electrons. The van der Waals surface area contributed by atoms with E-state index in [4.69, 9.17) is 24.0 Å². The maximum atomic E-state index is 8.61. The zero-order valence-electron chi connectivity index (χ0n) is 11.3. The molecule has 1 aromatic heterocycles. The smallest absolute Gasteiger partial charge is 0.241 e. The Hall–Kier alpha value is -2.75. The fourth-order valence-electron chi connectivity index (χ4n) is 1.71. The van der Waals surface area contributed by atoms with E-state index in [2.05, 4.69) is 10.1 Å². The molecule has 0 fully saturated rings. The summed E-state index contributed by atoms with van der Waals surface area (Å²) in [5.41, 5.74) is 0.595. The van der Waals surface area contributed by atoms with Gasteiger partial charge in [-0.1, -0.05) is 5.16 Å². The van der Waals surface area contributed by atoms with Crippen LogP contribution < -0.4 is 14.2 Å². The van der Waals surface area contributed by atoms with Gasteiger partial charge in [0.25, 0.3) is 0 Å². The molecule has 0 amide bonds. The van der Waals surface area contributed by atoms with Gasteiger partial charge in [0, 0.05) is 6.07 Å². The predicted octanol–water partition coefficient (Wildman–Crippen LogP) is 1.83. The van der Waals surface area contributed by atoms with Crippen LogP contribution in [0.1, 0.15) is 5.89 Å². The summed E-state index contributed by atoms with van der Waals surface area (Å²) in [7, 11) is 4.60. The normalized spacial score (nSPS) is 9.90. The van der Waals surface area contributed by atoms with Crippen LogP contribution >= 0.6 is 0 Å². The molecule has 0 aliphatic carbocycles. The molecule has 0 radical (unpaired) electrons. The number of ether oxygens (including phenoxy) is 3. The fourth-order valence-corrected chi connectivity index (χ4v) is 1.71. The minimum absolute atomic E-state index is 0.0581. The van der Waals surface area contributed by atoms with Crippen LogP contribution in [0.2, 0.25) is 0 Å². The molecule has 0 N–H and O–H groups in total. The summed E-state index contributed by atoms with van der Waals surface area (Å²) < 4.78 is 20.7. The van der Waals surface area contributed by atoms with Gasteiger partial charge in [0.15, 0.2) is 11.5 Å². The van der Waals surface area contributed by atoms with Gasteiger partial charge < -0.3 is 18.7 Å². The van der Waals surface area contributed by atoms with E-state index in [0.717, 1.165) is 0 Å². The largest absolute Gasteiger partial charge is 0.496 e. The quantitative estimate of drug-likeness (QED) is 0.822. The Bertz CT molecular complexity index is 646. The lowest BCUT2D eigenvalue weighted by Crippen LogP contribution is -1.95. The van der Waals surface area contributed by atoms with Crippen LogP contribution in [0.15, 0.2) is 16.7 Å². The Balaban J connectivity index is 2.51. The highest BCUT2D eigenvalue weighted by Crippen LogP contribution is 2.38. The Labute approximate surface area is 115 Å². The lowest BCUT2D eigenvalue weighted by molar-refractivity contribution is 0.349. The molecular formula is C13H13N3O4. The second-order valence-corrected chi connectivity index (χ2v) is 3.75. The molecule has 7 heteroatoms. The third kappa shape index (κ3) is 2.49. The van der Waals surface area contributed by atoms with Crippen molar-refractivity contribution in [2.24, 2.45) is 0 Å². The van der Waals surface area contributed by atoms with Crippen LogP contribution in [-0.2, 0) is 6.42 Å². The predicted molar refractivity (Wildman–Crippen MR) is 68.7 cm³/mol. The minimum atomic E-state index is 0.0581. The van der Waals surface area contributed by atoms with Crippen molar-refractivity contribution in [3.05, 3.63) is 18.0 Å². The van der Waals surface area contributed by atoms with Gasteiger partial charge in [-0.05, 0) is 6.07 Å². The lowest BCUT2D eigenvalue weighted by Gasteiger charge is -2.12. The first-order valence-electron chi connectivity index (χ1n) is 5.73. The van der Waals surface area contributed by atoms with Crippen LogP contribution in [-0.4, -0.2) is 31.5 Å². The standard InChI is InChI=1S/C13H13N3O4/c1-17-9-7-11(19-3)10(18-2)6-8(9)13-15-12(4-5-14)20-16-13/h6-7H,4H2,1-3H3. The Kier molecular flexibility index (Phi) is 4.05. The summed E-state index contributed by atoms with van der Waals surface area (Å²) >= 11 is 0. The zero-order chi connectivity index (χ0) is 14.5. The van der Waals surface area contributed by atoms with E-state index in [1.54, 1.807) is 12.1 Å². The molecule has 0 saturated heterocycles. The highest BCUT2D eigenvalue weighted by atomic mass is 16.5. The summed E-state index contributed by atoms with van der Waals surface area (Å²) in [5.74, 6) is 2.16. The second kappa shape index (κ2) is 5.93. The molecule has 20 heavy (non-hydrogen) atoms. The summed E-state index contributed by atoms with van der Waals surface area (Å²) in [6.07, 6.45) is 0.0581. The number of nitriles is 1. The van der Waals surface area contributed by atoms with Gasteiger partial charge in [-0.15, -0.1) is 0 Å². The number of nitrogens with zero attached hydrogens (tertiary/aromatic N) is 3. The van der Waals surface area contributed by atoms with E-state index in [1.165, 1.54) is 21.3 Å². The van der Waals surface area contributed by atoms with Crippen LogP contribution in [0.25, 0.3) is 11.4 Å². The topological polar surface area (TPSA) is 90.4 Å². The minimum Gasteiger partial charge on any atom is -0.496 e. The molecule has 0 saturated carbocycles. The number of aromatic nitrogens is 2. The number of methoxy groups -OCH3 is 3. The number of rotatable bonds is 5. The monoisotopic (exact) mass is 275 g/mol. The molecule has 1 heterocycles. The third-order valence-corrected chi connectivity index (χ3v) is 2.64. The van der Waals surface area contributed by atoms with Gasteiger partial charge in [0.05, 0.1) is 33.0 Å². The van der Waals surface area contributed by atoms with Gasteiger partial charge in [-0.2, -0.15) is 10.2 Å². The van der Waals surface area contributed by atoms with E-state index < -0.39 is 0 Å². The zero-order valence-corrected chi connectivity index (χ0v) is 11.3. The van der Waals surface area contributed by atoms with Crippen molar-refractivity contribution in [1.29, 1.82) is 5.26 Å². The van der Waals surface area contributed by atoms with E-state index in [1.807, 2.05) is 6.07 Å². The summed E-state index contributed by atoms with van der Waals surface area (Å²) in [6, 6.07) is 5.31. The molecule has 1 aromatic carbocycles. The first kappa shape index (κ1) is 13.7. The summed E-state index contributed by atoms with van der Waals surface area (Å²) in [5, 5.41) is 12.4. The van der Waals surface area contributed by atoms with Gasteiger partial charge in [0.2, 0.25) is 11.7 Å². The number of hydrogen-bond acceptors (Lipinski definition) is 7. The average molecular weight is 275 g/mol. The summed E-state index contributed by atoms with van der Waals surface area (Å²) in [4.78, 5) is 4.13.